The number of ketones is 1. The molecule has 1 aromatic carbocycles. The SMILES string of the molecule is CC(=O)c1ccccc1NC(=O)c1cc(Cl)sc1Cl. The third-order valence-electron chi connectivity index (χ3n) is 2.46. The molecule has 98 valence electrons. The maximum atomic E-state index is 12.1. The quantitative estimate of drug-likeness (QED) is 0.847. The maximum absolute atomic E-state index is 12.1. The summed E-state index contributed by atoms with van der Waals surface area (Å²) in [4.78, 5) is 23.5. The molecule has 1 aromatic heterocycles. The number of anilines is 1. The van der Waals surface area contributed by atoms with Gasteiger partial charge in [0.25, 0.3) is 5.91 Å². The molecule has 2 aromatic rings. The molecule has 2 rings (SSSR count). The van der Waals surface area contributed by atoms with Gasteiger partial charge >= 0.3 is 0 Å². The lowest BCUT2D eigenvalue weighted by atomic mass is 10.1. The first kappa shape index (κ1) is 14.1. The van der Waals surface area contributed by atoms with Crippen molar-refractivity contribution in [3.63, 3.8) is 0 Å². The molecular weight excluding hydrogens is 305 g/mol. The van der Waals surface area contributed by atoms with E-state index in [9.17, 15) is 9.59 Å². The van der Waals surface area contributed by atoms with Crippen LogP contribution in [0.3, 0.4) is 0 Å². The Morgan fingerprint density at radius 3 is 2.42 bits per heavy atom. The van der Waals surface area contributed by atoms with Crippen molar-refractivity contribution in [1.29, 1.82) is 0 Å². The van der Waals surface area contributed by atoms with Crippen molar-refractivity contribution < 1.29 is 9.59 Å². The summed E-state index contributed by atoms with van der Waals surface area (Å²) in [6.07, 6.45) is 0. The number of Topliss-reactive ketones (excluding diaryl/α,β-unsaturated/α-hetero) is 1. The predicted molar refractivity (Wildman–Crippen MR) is 78.7 cm³/mol. The van der Waals surface area contributed by atoms with E-state index in [0.29, 0.717) is 25.5 Å². The minimum Gasteiger partial charge on any atom is -0.321 e. The third kappa shape index (κ3) is 3.15. The first-order chi connectivity index (χ1) is 8.99. The van der Waals surface area contributed by atoms with Crippen molar-refractivity contribution in [3.8, 4) is 0 Å². The Kier molecular flexibility index (Phi) is 4.24. The van der Waals surface area contributed by atoms with Crippen LogP contribution in [-0.2, 0) is 0 Å². The molecule has 1 heterocycles. The number of hydrogen-bond donors (Lipinski definition) is 1. The van der Waals surface area contributed by atoms with Crippen molar-refractivity contribution in [2.45, 2.75) is 6.92 Å². The highest BCUT2D eigenvalue weighted by Gasteiger charge is 2.16. The fourth-order valence-electron chi connectivity index (χ4n) is 1.58. The molecule has 1 N–H and O–H groups in total. The number of thiophene rings is 1. The second-order valence-electron chi connectivity index (χ2n) is 3.79. The summed E-state index contributed by atoms with van der Waals surface area (Å²) in [5.41, 5.74) is 1.21. The zero-order chi connectivity index (χ0) is 14.0. The number of halogens is 2. The molecule has 0 radical (unpaired) electrons. The van der Waals surface area contributed by atoms with Gasteiger partial charge in [-0.3, -0.25) is 9.59 Å². The van der Waals surface area contributed by atoms with Crippen molar-refractivity contribution in [2.24, 2.45) is 0 Å². The topological polar surface area (TPSA) is 46.2 Å². The summed E-state index contributed by atoms with van der Waals surface area (Å²) in [5.74, 6) is -0.507. The van der Waals surface area contributed by atoms with Crippen LogP contribution in [0, 0.1) is 0 Å². The van der Waals surface area contributed by atoms with E-state index in [1.165, 1.54) is 13.0 Å². The van der Waals surface area contributed by atoms with Crippen LogP contribution < -0.4 is 5.32 Å². The first-order valence-corrected chi connectivity index (χ1v) is 6.92. The number of rotatable bonds is 3. The van der Waals surface area contributed by atoms with E-state index < -0.39 is 0 Å². The summed E-state index contributed by atoms with van der Waals surface area (Å²) in [7, 11) is 0. The van der Waals surface area contributed by atoms with E-state index in [1.807, 2.05) is 0 Å². The lowest BCUT2D eigenvalue weighted by Crippen LogP contribution is -2.13. The predicted octanol–water partition coefficient (Wildman–Crippen LogP) is 4.51. The van der Waals surface area contributed by atoms with Gasteiger partial charge in [-0.25, -0.2) is 0 Å². The molecule has 0 unspecified atom stereocenters. The molecule has 19 heavy (non-hydrogen) atoms. The van der Waals surface area contributed by atoms with E-state index in [-0.39, 0.29) is 11.7 Å². The molecule has 1 amide bonds. The Morgan fingerprint density at radius 1 is 1.16 bits per heavy atom. The Bertz CT molecular complexity index is 652. The molecule has 0 atom stereocenters. The molecule has 0 aliphatic rings. The van der Waals surface area contributed by atoms with E-state index in [4.69, 9.17) is 23.2 Å². The van der Waals surface area contributed by atoms with Crippen LogP contribution in [0.4, 0.5) is 5.69 Å². The lowest BCUT2D eigenvalue weighted by Gasteiger charge is -2.08. The third-order valence-corrected chi connectivity index (χ3v) is 3.94. The van der Waals surface area contributed by atoms with Crippen LogP contribution in [0.5, 0.6) is 0 Å². The van der Waals surface area contributed by atoms with Crippen LogP contribution in [0.25, 0.3) is 0 Å². The average Bonchev–Trinajstić information content (AvgIpc) is 2.69. The maximum Gasteiger partial charge on any atom is 0.258 e. The summed E-state index contributed by atoms with van der Waals surface area (Å²) >= 11 is 12.8. The second-order valence-corrected chi connectivity index (χ2v) is 6.08. The van der Waals surface area contributed by atoms with Crippen LogP contribution in [0.2, 0.25) is 8.67 Å². The molecule has 0 saturated heterocycles. The number of para-hydroxylation sites is 1. The number of carbonyl (C=O) groups excluding carboxylic acids is 2. The summed E-state index contributed by atoms with van der Waals surface area (Å²) < 4.78 is 0.762. The standard InChI is InChI=1S/C13H9Cl2NO2S/c1-7(17)8-4-2-3-5-10(8)16-13(18)9-6-11(14)19-12(9)15/h2-6H,1H3,(H,16,18). The number of hydrogen-bond acceptors (Lipinski definition) is 3. The molecule has 0 saturated carbocycles. The van der Waals surface area contributed by atoms with E-state index in [1.54, 1.807) is 24.3 Å². The molecule has 0 aliphatic heterocycles. The van der Waals surface area contributed by atoms with Gasteiger partial charge < -0.3 is 5.32 Å². The largest absolute Gasteiger partial charge is 0.321 e. The fourth-order valence-corrected chi connectivity index (χ4v) is 3.04. The van der Waals surface area contributed by atoms with Crippen LogP contribution in [0.15, 0.2) is 30.3 Å². The minimum absolute atomic E-state index is 0.120. The highest BCUT2D eigenvalue weighted by Crippen LogP contribution is 2.31. The Labute approximate surface area is 124 Å². The van der Waals surface area contributed by atoms with Crippen molar-refractivity contribution in [2.75, 3.05) is 5.32 Å². The van der Waals surface area contributed by atoms with Gasteiger partial charge in [-0.2, -0.15) is 0 Å². The van der Waals surface area contributed by atoms with Gasteiger partial charge in [-0.05, 0) is 25.1 Å². The van der Waals surface area contributed by atoms with Crippen LogP contribution in [-0.4, -0.2) is 11.7 Å². The molecule has 0 fully saturated rings. The van der Waals surface area contributed by atoms with Crippen LogP contribution in [0.1, 0.15) is 27.6 Å². The molecule has 3 nitrogen and oxygen atoms in total. The zero-order valence-electron chi connectivity index (χ0n) is 9.87. The molecule has 0 bridgehead atoms. The second kappa shape index (κ2) is 5.74. The summed E-state index contributed by atoms with van der Waals surface area (Å²) in [5, 5.41) is 2.67. The monoisotopic (exact) mass is 313 g/mol. The number of benzene rings is 1. The van der Waals surface area contributed by atoms with Crippen molar-refractivity contribution in [1.82, 2.24) is 0 Å². The average molecular weight is 314 g/mol. The van der Waals surface area contributed by atoms with Gasteiger partial charge in [-0.15, -0.1) is 11.3 Å². The lowest BCUT2D eigenvalue weighted by molar-refractivity contribution is 0.101. The van der Waals surface area contributed by atoms with Gasteiger partial charge in [0.15, 0.2) is 5.78 Å². The van der Waals surface area contributed by atoms with E-state index in [2.05, 4.69) is 5.32 Å². The Morgan fingerprint density at radius 2 is 1.84 bits per heavy atom. The normalized spacial score (nSPS) is 10.3. The minimum atomic E-state index is -0.387. The zero-order valence-corrected chi connectivity index (χ0v) is 12.2. The molecule has 0 spiro atoms. The van der Waals surface area contributed by atoms with Crippen molar-refractivity contribution in [3.05, 3.63) is 50.1 Å². The highest BCUT2D eigenvalue weighted by molar-refractivity contribution is 7.20. The number of amides is 1. The van der Waals surface area contributed by atoms with Crippen molar-refractivity contribution >= 4 is 51.9 Å². The molecular formula is C13H9Cl2NO2S. The Balaban J connectivity index is 2.29. The first-order valence-electron chi connectivity index (χ1n) is 5.35. The Hall–Kier alpha value is -1.36. The summed E-state index contributed by atoms with van der Waals surface area (Å²) in [6.45, 7) is 1.44. The summed E-state index contributed by atoms with van der Waals surface area (Å²) in [6, 6.07) is 8.29. The molecule has 0 aliphatic carbocycles. The van der Waals surface area contributed by atoms with Gasteiger partial charge in [0, 0.05) is 5.56 Å². The van der Waals surface area contributed by atoms with Gasteiger partial charge in [-0.1, -0.05) is 35.3 Å². The molecule has 6 heteroatoms. The smallest absolute Gasteiger partial charge is 0.258 e. The van der Waals surface area contributed by atoms with E-state index >= 15 is 0 Å². The van der Waals surface area contributed by atoms with E-state index in [0.717, 1.165) is 11.3 Å². The van der Waals surface area contributed by atoms with Gasteiger partial charge in [0.05, 0.1) is 15.6 Å². The number of carbonyl (C=O) groups is 2. The van der Waals surface area contributed by atoms with Gasteiger partial charge in [0.2, 0.25) is 0 Å². The fraction of sp³-hybridized carbons (Fsp3) is 0.0769. The highest BCUT2D eigenvalue weighted by atomic mass is 35.5. The van der Waals surface area contributed by atoms with Crippen LogP contribution >= 0.6 is 34.5 Å². The van der Waals surface area contributed by atoms with Gasteiger partial charge in [0.1, 0.15) is 4.34 Å². The number of nitrogens with one attached hydrogen (secondary N) is 1.